The summed E-state index contributed by atoms with van der Waals surface area (Å²) in [4.78, 5) is 51.3. The minimum absolute atomic E-state index is 0.283. The van der Waals surface area contributed by atoms with Gasteiger partial charge in [-0.25, -0.2) is 4.79 Å². The van der Waals surface area contributed by atoms with E-state index >= 15 is 0 Å². The predicted molar refractivity (Wildman–Crippen MR) is 98.8 cm³/mol. The van der Waals surface area contributed by atoms with Gasteiger partial charge in [0.1, 0.15) is 6.04 Å². The molecule has 1 N–H and O–H groups in total. The molecule has 3 atom stereocenters. The lowest BCUT2D eigenvalue weighted by Gasteiger charge is -2.21. The fourth-order valence-electron chi connectivity index (χ4n) is 3.76. The van der Waals surface area contributed by atoms with E-state index < -0.39 is 24.5 Å². The highest BCUT2D eigenvalue weighted by molar-refractivity contribution is 7.09. The number of hydrogen-bond acceptors (Lipinski definition) is 6. The summed E-state index contributed by atoms with van der Waals surface area (Å²) in [5.74, 6) is -2.31. The molecule has 27 heavy (non-hydrogen) atoms. The molecular formula is C19H24N2O5S. The Bertz CT molecular complexity index is 694. The number of rotatable bonds is 7. The van der Waals surface area contributed by atoms with Crippen LogP contribution in [0.2, 0.25) is 0 Å². The zero-order valence-electron chi connectivity index (χ0n) is 15.3. The molecule has 0 spiro atoms. The molecule has 2 fully saturated rings. The van der Waals surface area contributed by atoms with Crippen molar-refractivity contribution < 1.29 is 23.9 Å². The molecule has 0 radical (unpaired) electrons. The quantitative estimate of drug-likeness (QED) is 0.561. The van der Waals surface area contributed by atoms with Crippen LogP contribution in [-0.2, 0) is 30.3 Å². The maximum absolute atomic E-state index is 12.5. The van der Waals surface area contributed by atoms with Gasteiger partial charge in [0.25, 0.3) is 5.91 Å². The number of amides is 3. The second kappa shape index (κ2) is 8.65. The van der Waals surface area contributed by atoms with Gasteiger partial charge in [0.15, 0.2) is 6.61 Å². The smallest absolute Gasteiger partial charge is 0.329 e. The van der Waals surface area contributed by atoms with E-state index in [1.165, 1.54) is 6.92 Å². The molecule has 2 heterocycles. The van der Waals surface area contributed by atoms with Gasteiger partial charge in [-0.15, -0.1) is 11.3 Å². The van der Waals surface area contributed by atoms with Gasteiger partial charge in [-0.2, -0.15) is 0 Å². The zero-order chi connectivity index (χ0) is 19.4. The van der Waals surface area contributed by atoms with Gasteiger partial charge in [-0.3, -0.25) is 19.3 Å². The zero-order valence-corrected chi connectivity index (χ0v) is 16.1. The molecule has 3 amide bonds. The van der Waals surface area contributed by atoms with Crippen LogP contribution in [0.3, 0.4) is 0 Å². The van der Waals surface area contributed by atoms with Crippen LogP contribution in [0.25, 0.3) is 0 Å². The van der Waals surface area contributed by atoms with Gasteiger partial charge >= 0.3 is 5.97 Å². The molecule has 2 unspecified atom stereocenters. The Kier molecular flexibility index (Phi) is 6.26. The van der Waals surface area contributed by atoms with Gasteiger partial charge < -0.3 is 10.1 Å². The van der Waals surface area contributed by atoms with Gasteiger partial charge in [0, 0.05) is 11.4 Å². The Morgan fingerprint density at radius 1 is 1.26 bits per heavy atom. The van der Waals surface area contributed by atoms with E-state index in [1.54, 1.807) is 11.3 Å². The number of carbonyl (C=O) groups is 4. The maximum atomic E-state index is 12.5. The molecule has 7 nitrogen and oxygen atoms in total. The Hall–Kier alpha value is -2.22. The Morgan fingerprint density at radius 2 is 1.93 bits per heavy atom. The third-order valence-electron chi connectivity index (χ3n) is 5.22. The Morgan fingerprint density at radius 3 is 2.52 bits per heavy atom. The van der Waals surface area contributed by atoms with E-state index in [1.807, 2.05) is 17.5 Å². The first-order chi connectivity index (χ1) is 13.0. The molecule has 146 valence electrons. The second-order valence-electron chi connectivity index (χ2n) is 7.01. The van der Waals surface area contributed by atoms with Crippen LogP contribution >= 0.6 is 11.3 Å². The highest BCUT2D eigenvalue weighted by Gasteiger charge is 2.51. The summed E-state index contributed by atoms with van der Waals surface area (Å²) < 4.78 is 5.02. The van der Waals surface area contributed by atoms with E-state index in [0.29, 0.717) is 25.8 Å². The lowest BCUT2D eigenvalue weighted by atomic mass is 9.81. The molecule has 1 aliphatic heterocycles. The SMILES string of the molecule is C[C@@H](C(=O)OCC(=O)NCCc1cccs1)N1C(=O)C2CCCCC2C1=O. The third-order valence-corrected chi connectivity index (χ3v) is 6.16. The highest BCUT2D eigenvalue weighted by atomic mass is 32.1. The van der Waals surface area contributed by atoms with Crippen LogP contribution in [0.4, 0.5) is 0 Å². The van der Waals surface area contributed by atoms with Crippen molar-refractivity contribution in [1.82, 2.24) is 10.2 Å². The van der Waals surface area contributed by atoms with Crippen molar-refractivity contribution in [2.45, 2.75) is 45.1 Å². The average molecular weight is 392 g/mol. The standard InChI is InChI=1S/C19H24N2O5S/c1-12(21-17(23)14-6-2-3-7-15(14)18(21)24)19(25)26-11-16(22)20-9-8-13-5-4-10-27-13/h4-5,10,12,14-15H,2-3,6-9,11H2,1H3,(H,20,22)/t12-,14?,15?/m0/s1. The van der Waals surface area contributed by atoms with Crippen molar-refractivity contribution in [3.8, 4) is 0 Å². The van der Waals surface area contributed by atoms with Crippen molar-refractivity contribution in [2.75, 3.05) is 13.2 Å². The summed E-state index contributed by atoms with van der Waals surface area (Å²) in [6.45, 7) is 1.51. The fourth-order valence-corrected chi connectivity index (χ4v) is 4.47. The molecule has 1 aliphatic carbocycles. The number of nitrogens with one attached hydrogen (secondary N) is 1. The van der Waals surface area contributed by atoms with Crippen molar-refractivity contribution in [3.63, 3.8) is 0 Å². The number of hydrogen-bond donors (Lipinski definition) is 1. The van der Waals surface area contributed by atoms with E-state index in [0.717, 1.165) is 22.6 Å². The number of imide groups is 1. The number of likely N-dealkylation sites (tertiary alicyclic amines) is 1. The molecule has 8 heteroatoms. The first kappa shape index (κ1) is 19.5. The van der Waals surface area contributed by atoms with Crippen LogP contribution in [0, 0.1) is 11.8 Å². The molecule has 2 aliphatic rings. The van der Waals surface area contributed by atoms with Crippen molar-refractivity contribution >= 4 is 35.0 Å². The number of nitrogens with zero attached hydrogens (tertiary/aromatic N) is 1. The number of esters is 1. The van der Waals surface area contributed by atoms with Crippen LogP contribution in [0.5, 0.6) is 0 Å². The number of thiophene rings is 1. The first-order valence-corrected chi connectivity index (χ1v) is 10.2. The summed E-state index contributed by atoms with van der Waals surface area (Å²) in [6, 6.07) is 2.93. The van der Waals surface area contributed by atoms with Crippen LogP contribution in [-0.4, -0.2) is 47.8 Å². The lowest BCUT2D eigenvalue weighted by molar-refractivity contribution is -0.159. The van der Waals surface area contributed by atoms with Crippen LogP contribution in [0.1, 0.15) is 37.5 Å². The number of carbonyl (C=O) groups excluding carboxylic acids is 4. The van der Waals surface area contributed by atoms with Crippen LogP contribution in [0.15, 0.2) is 17.5 Å². The highest BCUT2D eigenvalue weighted by Crippen LogP contribution is 2.38. The van der Waals surface area contributed by atoms with E-state index in [2.05, 4.69) is 5.32 Å². The van der Waals surface area contributed by atoms with Gasteiger partial charge in [0.05, 0.1) is 11.8 Å². The van der Waals surface area contributed by atoms with Gasteiger partial charge in [-0.05, 0) is 37.6 Å². The van der Waals surface area contributed by atoms with Crippen molar-refractivity contribution in [2.24, 2.45) is 11.8 Å². The first-order valence-electron chi connectivity index (χ1n) is 9.31. The number of ether oxygens (including phenoxy) is 1. The number of fused-ring (bicyclic) bond motifs is 1. The predicted octanol–water partition coefficient (Wildman–Crippen LogP) is 1.51. The average Bonchev–Trinajstić information content (AvgIpc) is 3.27. The molecule has 0 aromatic carbocycles. The monoisotopic (exact) mass is 392 g/mol. The summed E-state index contributed by atoms with van der Waals surface area (Å²) in [7, 11) is 0. The summed E-state index contributed by atoms with van der Waals surface area (Å²) >= 11 is 1.61. The largest absolute Gasteiger partial charge is 0.454 e. The maximum Gasteiger partial charge on any atom is 0.329 e. The van der Waals surface area contributed by atoms with Crippen molar-refractivity contribution in [1.29, 1.82) is 0 Å². The second-order valence-corrected chi connectivity index (χ2v) is 8.04. The lowest BCUT2D eigenvalue weighted by Crippen LogP contribution is -2.45. The summed E-state index contributed by atoms with van der Waals surface area (Å²) in [5, 5.41) is 4.66. The van der Waals surface area contributed by atoms with Gasteiger partial charge in [0.2, 0.25) is 11.8 Å². The van der Waals surface area contributed by atoms with E-state index in [9.17, 15) is 19.2 Å². The summed E-state index contributed by atoms with van der Waals surface area (Å²) in [6.07, 6.45) is 3.96. The molecule has 1 saturated carbocycles. The Labute approximate surface area is 162 Å². The topological polar surface area (TPSA) is 92.8 Å². The fraction of sp³-hybridized carbons (Fsp3) is 0.579. The van der Waals surface area contributed by atoms with E-state index in [-0.39, 0.29) is 23.7 Å². The molecule has 1 saturated heterocycles. The minimum Gasteiger partial charge on any atom is -0.454 e. The van der Waals surface area contributed by atoms with Crippen molar-refractivity contribution in [3.05, 3.63) is 22.4 Å². The minimum atomic E-state index is -1.01. The Balaban J connectivity index is 1.45. The molecule has 1 aromatic heterocycles. The van der Waals surface area contributed by atoms with E-state index in [4.69, 9.17) is 4.74 Å². The molecule has 0 bridgehead atoms. The third kappa shape index (κ3) is 4.37. The normalized spacial score (nSPS) is 23.1. The molecule has 3 rings (SSSR count). The molecule has 1 aromatic rings. The van der Waals surface area contributed by atoms with Crippen LogP contribution < -0.4 is 5.32 Å². The summed E-state index contributed by atoms with van der Waals surface area (Å²) in [5.41, 5.74) is 0. The van der Waals surface area contributed by atoms with Gasteiger partial charge in [-0.1, -0.05) is 18.9 Å². The molecular weight excluding hydrogens is 368 g/mol.